The first kappa shape index (κ1) is 8.78. The molecule has 0 unspecified atom stereocenters. The molecule has 0 aliphatic heterocycles. The second kappa shape index (κ2) is 3.52. The standard InChI is InChI=1S/C9H8ClNOS/c1-6-2-3-9(13-6)8-4-7(5-10)11-12-8/h2-4H,5H2,1H3. The number of thiophene rings is 1. The summed E-state index contributed by atoms with van der Waals surface area (Å²) in [7, 11) is 0. The fraction of sp³-hybridized carbons (Fsp3) is 0.222. The van der Waals surface area contributed by atoms with Crippen molar-refractivity contribution in [2.24, 2.45) is 0 Å². The summed E-state index contributed by atoms with van der Waals surface area (Å²) in [6.45, 7) is 2.06. The van der Waals surface area contributed by atoms with Crippen LogP contribution in [0.2, 0.25) is 0 Å². The average molecular weight is 214 g/mol. The summed E-state index contributed by atoms with van der Waals surface area (Å²) in [5.41, 5.74) is 0.780. The molecule has 2 rings (SSSR count). The van der Waals surface area contributed by atoms with Crippen LogP contribution < -0.4 is 0 Å². The van der Waals surface area contributed by atoms with Crippen LogP contribution in [0.25, 0.3) is 10.6 Å². The van der Waals surface area contributed by atoms with Gasteiger partial charge in [0.2, 0.25) is 0 Å². The van der Waals surface area contributed by atoms with Gasteiger partial charge in [0.05, 0.1) is 16.5 Å². The summed E-state index contributed by atoms with van der Waals surface area (Å²) < 4.78 is 5.13. The summed E-state index contributed by atoms with van der Waals surface area (Å²) in [6.07, 6.45) is 0. The molecule has 2 aromatic rings. The third kappa shape index (κ3) is 1.76. The molecule has 0 aliphatic carbocycles. The lowest BCUT2D eigenvalue weighted by atomic mass is 10.3. The fourth-order valence-corrected chi connectivity index (χ4v) is 2.00. The van der Waals surface area contributed by atoms with Crippen molar-refractivity contribution in [1.29, 1.82) is 0 Å². The highest BCUT2D eigenvalue weighted by molar-refractivity contribution is 7.15. The first-order chi connectivity index (χ1) is 6.29. The lowest BCUT2D eigenvalue weighted by molar-refractivity contribution is 0.427. The van der Waals surface area contributed by atoms with Crippen LogP contribution in [-0.2, 0) is 5.88 Å². The number of alkyl halides is 1. The van der Waals surface area contributed by atoms with Crippen molar-refractivity contribution in [2.75, 3.05) is 0 Å². The molecule has 4 heteroatoms. The molecular formula is C9H8ClNOS. The van der Waals surface area contributed by atoms with Crippen molar-refractivity contribution in [3.63, 3.8) is 0 Å². The van der Waals surface area contributed by atoms with E-state index in [9.17, 15) is 0 Å². The van der Waals surface area contributed by atoms with E-state index in [1.807, 2.05) is 12.1 Å². The van der Waals surface area contributed by atoms with E-state index in [-0.39, 0.29) is 0 Å². The SMILES string of the molecule is Cc1ccc(-c2cc(CCl)no2)s1. The Morgan fingerprint density at radius 2 is 2.38 bits per heavy atom. The summed E-state index contributed by atoms with van der Waals surface area (Å²) in [4.78, 5) is 2.36. The highest BCUT2D eigenvalue weighted by atomic mass is 35.5. The normalized spacial score (nSPS) is 10.6. The Morgan fingerprint density at radius 1 is 1.54 bits per heavy atom. The number of aromatic nitrogens is 1. The fourth-order valence-electron chi connectivity index (χ4n) is 1.06. The lowest BCUT2D eigenvalue weighted by Gasteiger charge is -1.84. The average Bonchev–Trinajstić information content (AvgIpc) is 2.71. The van der Waals surface area contributed by atoms with Crippen LogP contribution in [0.4, 0.5) is 0 Å². The Hall–Kier alpha value is -0.800. The third-order valence-corrected chi connectivity index (χ3v) is 2.97. The molecule has 0 radical (unpaired) electrons. The summed E-state index contributed by atoms with van der Waals surface area (Å²) in [5.74, 6) is 1.20. The van der Waals surface area contributed by atoms with Gasteiger partial charge in [-0.2, -0.15) is 0 Å². The zero-order valence-corrected chi connectivity index (χ0v) is 8.65. The number of hydrogen-bond donors (Lipinski definition) is 0. The topological polar surface area (TPSA) is 26.0 Å². The first-order valence-corrected chi connectivity index (χ1v) is 5.23. The maximum Gasteiger partial charge on any atom is 0.177 e. The molecule has 68 valence electrons. The number of halogens is 1. The van der Waals surface area contributed by atoms with Gasteiger partial charge in [-0.1, -0.05) is 5.16 Å². The molecule has 0 saturated heterocycles. The highest BCUT2D eigenvalue weighted by Crippen LogP contribution is 2.28. The van der Waals surface area contributed by atoms with E-state index in [1.54, 1.807) is 11.3 Å². The molecular weight excluding hydrogens is 206 g/mol. The van der Waals surface area contributed by atoms with Crippen LogP contribution in [0.15, 0.2) is 22.7 Å². The first-order valence-electron chi connectivity index (χ1n) is 3.88. The molecule has 13 heavy (non-hydrogen) atoms. The third-order valence-electron chi connectivity index (χ3n) is 1.68. The Kier molecular flexibility index (Phi) is 2.38. The largest absolute Gasteiger partial charge is 0.355 e. The van der Waals surface area contributed by atoms with Gasteiger partial charge in [0.15, 0.2) is 5.76 Å². The zero-order chi connectivity index (χ0) is 9.26. The molecule has 0 saturated carbocycles. The predicted molar refractivity (Wildman–Crippen MR) is 54.1 cm³/mol. The van der Waals surface area contributed by atoms with Crippen molar-refractivity contribution in [3.8, 4) is 10.6 Å². The van der Waals surface area contributed by atoms with Gasteiger partial charge in [0, 0.05) is 10.9 Å². The Bertz CT molecular complexity index is 407. The highest BCUT2D eigenvalue weighted by Gasteiger charge is 2.07. The van der Waals surface area contributed by atoms with Gasteiger partial charge in [-0.25, -0.2) is 0 Å². The lowest BCUT2D eigenvalue weighted by Crippen LogP contribution is -1.70. The molecule has 0 spiro atoms. The van der Waals surface area contributed by atoms with Crippen LogP contribution in [0.3, 0.4) is 0 Å². The predicted octanol–water partition coefficient (Wildman–Crippen LogP) is 3.45. The second-order valence-electron chi connectivity index (χ2n) is 2.73. The number of nitrogens with zero attached hydrogens (tertiary/aromatic N) is 1. The summed E-state index contributed by atoms with van der Waals surface area (Å²) in [5, 5.41) is 3.82. The number of aryl methyl sites for hydroxylation is 1. The minimum atomic E-state index is 0.397. The molecule has 2 heterocycles. The monoisotopic (exact) mass is 213 g/mol. The Morgan fingerprint density at radius 3 is 2.92 bits per heavy atom. The van der Waals surface area contributed by atoms with Crippen molar-refractivity contribution < 1.29 is 4.52 Å². The molecule has 0 amide bonds. The molecule has 0 bridgehead atoms. The summed E-state index contributed by atoms with van der Waals surface area (Å²) in [6, 6.07) is 5.96. The molecule has 2 aromatic heterocycles. The quantitative estimate of drug-likeness (QED) is 0.715. The Labute approximate surface area is 85.1 Å². The number of rotatable bonds is 2. The van der Waals surface area contributed by atoms with E-state index >= 15 is 0 Å². The maximum atomic E-state index is 5.61. The van der Waals surface area contributed by atoms with E-state index in [2.05, 4.69) is 18.1 Å². The van der Waals surface area contributed by atoms with Crippen LogP contribution in [0.1, 0.15) is 10.6 Å². The molecule has 0 N–H and O–H groups in total. The van der Waals surface area contributed by atoms with Crippen molar-refractivity contribution in [3.05, 3.63) is 28.8 Å². The van der Waals surface area contributed by atoms with Gasteiger partial charge in [-0.15, -0.1) is 22.9 Å². The maximum absolute atomic E-state index is 5.61. The molecule has 0 fully saturated rings. The van der Waals surface area contributed by atoms with Gasteiger partial charge in [0.25, 0.3) is 0 Å². The molecule has 2 nitrogen and oxygen atoms in total. The van der Waals surface area contributed by atoms with Gasteiger partial charge >= 0.3 is 0 Å². The van der Waals surface area contributed by atoms with E-state index < -0.39 is 0 Å². The van der Waals surface area contributed by atoms with Crippen LogP contribution >= 0.6 is 22.9 Å². The van der Waals surface area contributed by atoms with Crippen LogP contribution in [0.5, 0.6) is 0 Å². The Balaban J connectivity index is 2.35. The van der Waals surface area contributed by atoms with E-state index in [0.29, 0.717) is 5.88 Å². The van der Waals surface area contributed by atoms with Gasteiger partial charge in [0.1, 0.15) is 0 Å². The molecule has 0 aliphatic rings. The van der Waals surface area contributed by atoms with Crippen LogP contribution in [-0.4, -0.2) is 5.16 Å². The van der Waals surface area contributed by atoms with Gasteiger partial charge in [-0.05, 0) is 19.1 Å². The van der Waals surface area contributed by atoms with Crippen molar-refractivity contribution in [2.45, 2.75) is 12.8 Å². The zero-order valence-electron chi connectivity index (χ0n) is 7.08. The van der Waals surface area contributed by atoms with Gasteiger partial charge < -0.3 is 4.52 Å². The van der Waals surface area contributed by atoms with Crippen molar-refractivity contribution >= 4 is 22.9 Å². The van der Waals surface area contributed by atoms with Crippen molar-refractivity contribution in [1.82, 2.24) is 5.16 Å². The minimum Gasteiger partial charge on any atom is -0.355 e. The smallest absolute Gasteiger partial charge is 0.177 e. The minimum absolute atomic E-state index is 0.397. The summed E-state index contributed by atoms with van der Waals surface area (Å²) >= 11 is 7.30. The van der Waals surface area contributed by atoms with E-state index in [0.717, 1.165) is 16.3 Å². The molecule has 0 aromatic carbocycles. The van der Waals surface area contributed by atoms with Crippen LogP contribution in [0, 0.1) is 6.92 Å². The molecule has 0 atom stereocenters. The van der Waals surface area contributed by atoms with E-state index in [1.165, 1.54) is 4.88 Å². The van der Waals surface area contributed by atoms with E-state index in [4.69, 9.17) is 16.1 Å². The van der Waals surface area contributed by atoms with Gasteiger partial charge in [-0.3, -0.25) is 0 Å². The number of hydrogen-bond acceptors (Lipinski definition) is 3. The second-order valence-corrected chi connectivity index (χ2v) is 4.28.